The molecule has 0 heterocycles. The van der Waals surface area contributed by atoms with Crippen molar-refractivity contribution in [1.29, 1.82) is 0 Å². The Labute approximate surface area is 100 Å². The normalized spacial score (nSPS) is 12.7. The molecule has 16 heavy (non-hydrogen) atoms. The lowest BCUT2D eigenvalue weighted by molar-refractivity contribution is -0.141. The molecule has 0 aromatic heterocycles. The van der Waals surface area contributed by atoms with Crippen molar-refractivity contribution in [3.63, 3.8) is 0 Å². The van der Waals surface area contributed by atoms with Gasteiger partial charge in [-0.3, -0.25) is 9.69 Å². The van der Waals surface area contributed by atoms with E-state index in [0.29, 0.717) is 0 Å². The predicted molar refractivity (Wildman–Crippen MR) is 66.9 cm³/mol. The van der Waals surface area contributed by atoms with E-state index < -0.39 is 12.0 Å². The van der Waals surface area contributed by atoms with Crippen LogP contribution >= 0.6 is 11.8 Å². The fourth-order valence-electron chi connectivity index (χ4n) is 1.21. The first kappa shape index (κ1) is 13.1. The minimum Gasteiger partial charge on any atom is -0.480 e. The molecule has 4 heteroatoms. The summed E-state index contributed by atoms with van der Waals surface area (Å²) in [5, 5.41) is 8.82. The number of aliphatic carboxylic acids is 1. The number of carboxylic acid groups (broad SMARTS) is 1. The molecule has 0 saturated heterocycles. The topological polar surface area (TPSA) is 40.5 Å². The highest BCUT2D eigenvalue weighted by molar-refractivity contribution is 7.99. The van der Waals surface area contributed by atoms with Gasteiger partial charge in [-0.25, -0.2) is 0 Å². The highest BCUT2D eigenvalue weighted by Gasteiger charge is 2.15. The third-order valence-electron chi connectivity index (χ3n) is 2.47. The fourth-order valence-corrected chi connectivity index (χ4v) is 2.17. The molecule has 1 rings (SSSR count). The molecule has 0 radical (unpaired) electrons. The van der Waals surface area contributed by atoms with Gasteiger partial charge in [0.05, 0.1) is 0 Å². The van der Waals surface area contributed by atoms with Gasteiger partial charge in [0.25, 0.3) is 0 Å². The first-order chi connectivity index (χ1) is 7.61. The highest BCUT2D eigenvalue weighted by Crippen LogP contribution is 2.16. The second-order valence-electron chi connectivity index (χ2n) is 3.66. The molecular formula is C12H17NO2S. The van der Waals surface area contributed by atoms with Crippen molar-refractivity contribution in [3.8, 4) is 0 Å². The maximum Gasteiger partial charge on any atom is 0.320 e. The van der Waals surface area contributed by atoms with Crippen molar-refractivity contribution in [2.75, 3.05) is 19.3 Å². The lowest BCUT2D eigenvalue weighted by Gasteiger charge is -2.20. The van der Waals surface area contributed by atoms with E-state index in [2.05, 4.69) is 12.1 Å². The van der Waals surface area contributed by atoms with Crippen LogP contribution in [0, 0.1) is 0 Å². The van der Waals surface area contributed by atoms with Gasteiger partial charge >= 0.3 is 5.97 Å². The van der Waals surface area contributed by atoms with Gasteiger partial charge in [0.1, 0.15) is 6.04 Å². The molecule has 0 aliphatic heterocycles. The molecule has 0 spiro atoms. The maximum atomic E-state index is 10.7. The third-order valence-corrected chi connectivity index (χ3v) is 3.47. The Morgan fingerprint density at radius 1 is 1.44 bits per heavy atom. The third kappa shape index (κ3) is 4.24. The van der Waals surface area contributed by atoms with E-state index in [1.807, 2.05) is 30.1 Å². The van der Waals surface area contributed by atoms with E-state index in [-0.39, 0.29) is 0 Å². The lowest BCUT2D eigenvalue weighted by atomic mass is 10.3. The molecule has 0 aliphatic rings. The van der Waals surface area contributed by atoms with Crippen LogP contribution in [0.1, 0.15) is 6.92 Å². The number of nitrogens with zero attached hydrogens (tertiary/aromatic N) is 1. The number of carboxylic acids is 1. The molecule has 0 fully saturated rings. The zero-order valence-electron chi connectivity index (χ0n) is 9.59. The summed E-state index contributed by atoms with van der Waals surface area (Å²) in [6.45, 7) is 2.47. The Morgan fingerprint density at radius 3 is 2.62 bits per heavy atom. The van der Waals surface area contributed by atoms with E-state index in [9.17, 15) is 4.79 Å². The van der Waals surface area contributed by atoms with Crippen molar-refractivity contribution in [2.24, 2.45) is 0 Å². The SMILES string of the molecule is CC(C(=O)O)N(C)CCSc1ccccc1. The zero-order chi connectivity index (χ0) is 12.0. The van der Waals surface area contributed by atoms with Crippen LogP contribution in [0.15, 0.2) is 35.2 Å². The Bertz CT molecular complexity index is 329. The number of hydrogen-bond acceptors (Lipinski definition) is 3. The summed E-state index contributed by atoms with van der Waals surface area (Å²) in [5.41, 5.74) is 0. The van der Waals surface area contributed by atoms with E-state index in [4.69, 9.17) is 5.11 Å². The second kappa shape index (κ2) is 6.55. The number of hydrogen-bond donors (Lipinski definition) is 1. The van der Waals surface area contributed by atoms with Crippen LogP contribution in [0.25, 0.3) is 0 Å². The van der Waals surface area contributed by atoms with Crippen molar-refractivity contribution in [2.45, 2.75) is 17.9 Å². The molecule has 1 N–H and O–H groups in total. The number of carbonyl (C=O) groups is 1. The molecule has 1 unspecified atom stereocenters. The molecule has 0 amide bonds. The van der Waals surface area contributed by atoms with Gasteiger partial charge in [-0.05, 0) is 26.1 Å². The molecule has 88 valence electrons. The van der Waals surface area contributed by atoms with Crippen molar-refractivity contribution in [3.05, 3.63) is 30.3 Å². The zero-order valence-corrected chi connectivity index (χ0v) is 10.4. The minimum absolute atomic E-state index is 0.420. The lowest BCUT2D eigenvalue weighted by Crippen LogP contribution is -2.37. The van der Waals surface area contributed by atoms with Crippen LogP contribution in [-0.4, -0.2) is 41.4 Å². The van der Waals surface area contributed by atoms with E-state index in [1.54, 1.807) is 18.7 Å². The Balaban J connectivity index is 2.28. The summed E-state index contributed by atoms with van der Waals surface area (Å²) in [6.07, 6.45) is 0. The van der Waals surface area contributed by atoms with Crippen LogP contribution in [0.5, 0.6) is 0 Å². The van der Waals surface area contributed by atoms with Crippen LogP contribution in [0.2, 0.25) is 0 Å². The summed E-state index contributed by atoms with van der Waals surface area (Å²) >= 11 is 1.74. The molecule has 0 aliphatic carbocycles. The fraction of sp³-hybridized carbons (Fsp3) is 0.417. The van der Waals surface area contributed by atoms with Crippen LogP contribution in [-0.2, 0) is 4.79 Å². The summed E-state index contributed by atoms with van der Waals surface area (Å²) < 4.78 is 0. The molecule has 0 bridgehead atoms. The number of thioether (sulfide) groups is 1. The summed E-state index contributed by atoms with van der Waals surface area (Å²) in [7, 11) is 1.84. The molecule has 1 aromatic rings. The average molecular weight is 239 g/mol. The van der Waals surface area contributed by atoms with Gasteiger partial charge in [-0.1, -0.05) is 18.2 Å². The minimum atomic E-state index is -0.771. The van der Waals surface area contributed by atoms with Gasteiger partial charge in [-0.15, -0.1) is 11.8 Å². The molecular weight excluding hydrogens is 222 g/mol. The van der Waals surface area contributed by atoms with Gasteiger partial charge in [0.2, 0.25) is 0 Å². The van der Waals surface area contributed by atoms with Crippen molar-refractivity contribution in [1.82, 2.24) is 4.90 Å². The molecule has 1 atom stereocenters. The van der Waals surface area contributed by atoms with Crippen LogP contribution in [0.4, 0.5) is 0 Å². The average Bonchev–Trinajstić information content (AvgIpc) is 2.29. The quantitative estimate of drug-likeness (QED) is 0.773. The summed E-state index contributed by atoms with van der Waals surface area (Å²) in [6, 6.07) is 9.70. The smallest absolute Gasteiger partial charge is 0.320 e. The van der Waals surface area contributed by atoms with Gasteiger partial charge in [0, 0.05) is 17.2 Å². The van der Waals surface area contributed by atoms with Crippen molar-refractivity contribution >= 4 is 17.7 Å². The van der Waals surface area contributed by atoms with Crippen LogP contribution < -0.4 is 0 Å². The molecule has 1 aromatic carbocycles. The number of rotatable bonds is 6. The Morgan fingerprint density at radius 2 is 2.06 bits per heavy atom. The van der Waals surface area contributed by atoms with Crippen molar-refractivity contribution < 1.29 is 9.90 Å². The first-order valence-corrected chi connectivity index (χ1v) is 6.20. The monoisotopic (exact) mass is 239 g/mol. The first-order valence-electron chi connectivity index (χ1n) is 5.22. The maximum absolute atomic E-state index is 10.7. The Kier molecular flexibility index (Phi) is 5.35. The second-order valence-corrected chi connectivity index (χ2v) is 4.82. The summed E-state index contributed by atoms with van der Waals surface area (Å²) in [5.74, 6) is 0.130. The van der Waals surface area contributed by atoms with Gasteiger partial charge < -0.3 is 5.11 Å². The predicted octanol–water partition coefficient (Wildman–Crippen LogP) is 2.18. The summed E-state index contributed by atoms with van der Waals surface area (Å²) in [4.78, 5) is 13.8. The van der Waals surface area contributed by atoms with E-state index in [0.717, 1.165) is 12.3 Å². The van der Waals surface area contributed by atoms with Gasteiger partial charge in [-0.2, -0.15) is 0 Å². The molecule has 0 saturated carbocycles. The number of benzene rings is 1. The largest absolute Gasteiger partial charge is 0.480 e. The van der Waals surface area contributed by atoms with Gasteiger partial charge in [0.15, 0.2) is 0 Å². The van der Waals surface area contributed by atoms with E-state index >= 15 is 0 Å². The highest BCUT2D eigenvalue weighted by atomic mass is 32.2. The van der Waals surface area contributed by atoms with E-state index in [1.165, 1.54) is 4.90 Å². The molecule has 3 nitrogen and oxygen atoms in total. The standard InChI is InChI=1S/C12H17NO2S/c1-10(12(14)15)13(2)8-9-16-11-6-4-3-5-7-11/h3-7,10H,8-9H2,1-2H3,(H,14,15). The van der Waals surface area contributed by atoms with Crippen LogP contribution in [0.3, 0.4) is 0 Å². The Hall–Kier alpha value is -1.00. The number of likely N-dealkylation sites (N-methyl/N-ethyl adjacent to an activating group) is 1.